The molecule has 0 saturated carbocycles. The number of carbonyl (C=O) groups excluding carboxylic acids is 1. The van der Waals surface area contributed by atoms with E-state index in [2.05, 4.69) is 15.3 Å². The summed E-state index contributed by atoms with van der Waals surface area (Å²) in [6.45, 7) is -3.00. The molecule has 1 aliphatic heterocycles. The monoisotopic (exact) mass is 376 g/mol. The van der Waals surface area contributed by atoms with Gasteiger partial charge in [0.1, 0.15) is 0 Å². The number of nitrogens with one attached hydrogen (secondary N) is 1. The van der Waals surface area contributed by atoms with E-state index in [-0.39, 0.29) is 35.3 Å². The SMILES string of the molecule is COc1ccc(/C=N\NC(=O)C[C@H]2CCS(=O)(=O)C2)cc1OC(F)F. The molecule has 25 heavy (non-hydrogen) atoms. The van der Waals surface area contributed by atoms with Crippen LogP contribution in [-0.4, -0.2) is 45.8 Å². The van der Waals surface area contributed by atoms with Crippen LogP contribution in [0.1, 0.15) is 18.4 Å². The molecule has 10 heteroatoms. The molecular formula is C15H18F2N2O5S. The maximum atomic E-state index is 12.4. The van der Waals surface area contributed by atoms with E-state index in [9.17, 15) is 22.0 Å². The second kappa shape index (κ2) is 8.24. The van der Waals surface area contributed by atoms with Crippen LogP contribution >= 0.6 is 0 Å². The molecule has 0 radical (unpaired) electrons. The first kappa shape index (κ1) is 19.1. The lowest BCUT2D eigenvalue weighted by Gasteiger charge is -2.10. The highest BCUT2D eigenvalue weighted by molar-refractivity contribution is 7.91. The van der Waals surface area contributed by atoms with Gasteiger partial charge in [-0.25, -0.2) is 13.8 Å². The Kier molecular flexibility index (Phi) is 6.29. The Balaban J connectivity index is 1.91. The number of hydrazone groups is 1. The Morgan fingerprint density at radius 1 is 1.44 bits per heavy atom. The van der Waals surface area contributed by atoms with Gasteiger partial charge in [0.25, 0.3) is 0 Å². The van der Waals surface area contributed by atoms with Crippen molar-refractivity contribution in [1.29, 1.82) is 0 Å². The molecular weight excluding hydrogens is 358 g/mol. The minimum absolute atomic E-state index is 0.0109. The van der Waals surface area contributed by atoms with Crippen LogP contribution in [0.15, 0.2) is 23.3 Å². The predicted octanol–water partition coefficient (Wildman–Crippen LogP) is 1.57. The zero-order valence-electron chi connectivity index (χ0n) is 13.4. The molecule has 1 fully saturated rings. The van der Waals surface area contributed by atoms with Crippen molar-refractivity contribution < 1.29 is 31.5 Å². The minimum Gasteiger partial charge on any atom is -0.493 e. The van der Waals surface area contributed by atoms with E-state index in [4.69, 9.17) is 4.74 Å². The summed E-state index contributed by atoms with van der Waals surface area (Å²) in [6.07, 6.45) is 1.80. The van der Waals surface area contributed by atoms with Gasteiger partial charge in [-0.2, -0.15) is 13.9 Å². The third-order valence-electron chi connectivity index (χ3n) is 3.61. The summed E-state index contributed by atoms with van der Waals surface area (Å²) in [5.41, 5.74) is 2.71. The minimum atomic E-state index is -3.03. The zero-order valence-corrected chi connectivity index (χ0v) is 14.3. The van der Waals surface area contributed by atoms with Gasteiger partial charge in [0, 0.05) is 6.42 Å². The Hall–Kier alpha value is -2.23. The topological polar surface area (TPSA) is 94.1 Å². The predicted molar refractivity (Wildman–Crippen MR) is 86.7 cm³/mol. The van der Waals surface area contributed by atoms with Crippen LogP contribution < -0.4 is 14.9 Å². The molecule has 1 atom stereocenters. The van der Waals surface area contributed by atoms with Crippen LogP contribution in [0.25, 0.3) is 0 Å². The van der Waals surface area contributed by atoms with Gasteiger partial charge >= 0.3 is 6.61 Å². The maximum absolute atomic E-state index is 12.4. The van der Waals surface area contributed by atoms with Gasteiger partial charge in [-0.05, 0) is 36.1 Å². The van der Waals surface area contributed by atoms with Crippen LogP contribution in [0, 0.1) is 5.92 Å². The molecule has 0 aliphatic carbocycles. The van der Waals surface area contributed by atoms with Crippen LogP contribution in [0.3, 0.4) is 0 Å². The molecule has 0 spiro atoms. The number of hydrogen-bond donors (Lipinski definition) is 1. The average Bonchev–Trinajstić information content (AvgIpc) is 2.85. The van der Waals surface area contributed by atoms with Crippen molar-refractivity contribution in [2.45, 2.75) is 19.5 Å². The number of nitrogens with zero attached hydrogens (tertiary/aromatic N) is 1. The standard InChI is InChI=1S/C15H18F2N2O5S/c1-23-12-3-2-10(6-13(12)24-15(16)17)8-18-19-14(20)7-11-4-5-25(21,22)9-11/h2-3,6,8,11,15H,4-5,7,9H2,1H3,(H,19,20)/b18-8-/t11-/m1/s1. The third-order valence-corrected chi connectivity index (χ3v) is 5.44. The zero-order chi connectivity index (χ0) is 18.4. The number of ether oxygens (including phenoxy) is 2. The summed E-state index contributed by atoms with van der Waals surface area (Å²) in [7, 11) is -1.71. The highest BCUT2D eigenvalue weighted by Gasteiger charge is 2.29. The van der Waals surface area contributed by atoms with Crippen molar-refractivity contribution in [3.63, 3.8) is 0 Å². The largest absolute Gasteiger partial charge is 0.493 e. The third kappa shape index (κ3) is 5.96. The Labute approximate surface area is 143 Å². The van der Waals surface area contributed by atoms with Gasteiger partial charge in [-0.1, -0.05) is 0 Å². The van der Waals surface area contributed by atoms with Crippen molar-refractivity contribution >= 4 is 22.0 Å². The lowest BCUT2D eigenvalue weighted by Crippen LogP contribution is -2.21. The Bertz CT molecular complexity index is 752. The highest BCUT2D eigenvalue weighted by atomic mass is 32.2. The number of benzene rings is 1. The van der Waals surface area contributed by atoms with Crippen LogP contribution in [0.2, 0.25) is 0 Å². The van der Waals surface area contributed by atoms with Crippen molar-refractivity contribution in [3.05, 3.63) is 23.8 Å². The number of hydrogen-bond acceptors (Lipinski definition) is 6. The lowest BCUT2D eigenvalue weighted by atomic mass is 10.1. The molecule has 1 heterocycles. The number of alkyl halides is 2. The Morgan fingerprint density at radius 2 is 2.20 bits per heavy atom. The van der Waals surface area contributed by atoms with E-state index in [0.29, 0.717) is 12.0 Å². The average molecular weight is 376 g/mol. The molecule has 7 nitrogen and oxygen atoms in total. The highest BCUT2D eigenvalue weighted by Crippen LogP contribution is 2.29. The molecule has 1 aromatic carbocycles. The first-order valence-corrected chi connectivity index (χ1v) is 9.26. The molecule has 0 unspecified atom stereocenters. The second-order valence-electron chi connectivity index (χ2n) is 5.56. The van der Waals surface area contributed by atoms with E-state index < -0.39 is 22.4 Å². The van der Waals surface area contributed by atoms with E-state index in [1.807, 2.05) is 0 Å². The van der Waals surface area contributed by atoms with Gasteiger partial charge in [0.2, 0.25) is 5.91 Å². The number of rotatable bonds is 7. The van der Waals surface area contributed by atoms with E-state index in [0.717, 1.165) is 0 Å². The summed E-state index contributed by atoms with van der Waals surface area (Å²) < 4.78 is 56.7. The molecule has 1 saturated heterocycles. The summed E-state index contributed by atoms with van der Waals surface area (Å²) in [5.74, 6) is -0.500. The fourth-order valence-corrected chi connectivity index (χ4v) is 4.34. The lowest BCUT2D eigenvalue weighted by molar-refractivity contribution is -0.121. The van der Waals surface area contributed by atoms with Crippen LogP contribution in [-0.2, 0) is 14.6 Å². The van der Waals surface area contributed by atoms with Gasteiger partial charge in [0.05, 0.1) is 24.8 Å². The number of sulfone groups is 1. The van der Waals surface area contributed by atoms with Gasteiger partial charge < -0.3 is 9.47 Å². The van der Waals surface area contributed by atoms with Crippen molar-refractivity contribution in [1.82, 2.24) is 5.43 Å². The molecule has 138 valence electrons. The molecule has 1 aromatic rings. The molecule has 1 N–H and O–H groups in total. The summed E-state index contributed by atoms with van der Waals surface area (Å²) in [4.78, 5) is 11.7. The summed E-state index contributed by atoms with van der Waals surface area (Å²) >= 11 is 0. The van der Waals surface area contributed by atoms with E-state index in [1.165, 1.54) is 25.5 Å². The fourth-order valence-electron chi connectivity index (χ4n) is 2.48. The maximum Gasteiger partial charge on any atom is 0.387 e. The quantitative estimate of drug-likeness (QED) is 0.576. The van der Waals surface area contributed by atoms with E-state index in [1.54, 1.807) is 6.07 Å². The van der Waals surface area contributed by atoms with Gasteiger partial charge in [-0.15, -0.1) is 0 Å². The summed E-state index contributed by atoms with van der Waals surface area (Å²) in [5, 5.41) is 3.74. The van der Waals surface area contributed by atoms with E-state index >= 15 is 0 Å². The summed E-state index contributed by atoms with van der Waals surface area (Å²) in [6, 6.07) is 4.28. The number of carbonyl (C=O) groups is 1. The van der Waals surface area contributed by atoms with Gasteiger partial charge in [0.15, 0.2) is 21.3 Å². The second-order valence-corrected chi connectivity index (χ2v) is 7.78. The molecule has 0 bridgehead atoms. The number of methoxy groups -OCH3 is 1. The first-order chi connectivity index (χ1) is 11.8. The van der Waals surface area contributed by atoms with Crippen molar-refractivity contribution in [3.8, 4) is 11.5 Å². The molecule has 1 aliphatic rings. The Morgan fingerprint density at radius 3 is 2.80 bits per heavy atom. The van der Waals surface area contributed by atoms with Crippen LogP contribution in [0.5, 0.6) is 11.5 Å². The smallest absolute Gasteiger partial charge is 0.387 e. The first-order valence-electron chi connectivity index (χ1n) is 7.44. The number of amides is 1. The van der Waals surface area contributed by atoms with Crippen molar-refractivity contribution in [2.24, 2.45) is 11.0 Å². The molecule has 2 rings (SSSR count). The van der Waals surface area contributed by atoms with Crippen LogP contribution in [0.4, 0.5) is 8.78 Å². The number of halogens is 2. The van der Waals surface area contributed by atoms with Crippen molar-refractivity contribution in [2.75, 3.05) is 18.6 Å². The molecule has 1 amide bonds. The fraction of sp³-hybridized carbons (Fsp3) is 0.467. The molecule has 0 aromatic heterocycles. The van der Waals surface area contributed by atoms with Gasteiger partial charge in [-0.3, -0.25) is 4.79 Å². The normalized spacial score (nSPS) is 19.3.